The first-order chi connectivity index (χ1) is 8.95. The van der Waals surface area contributed by atoms with Gasteiger partial charge in [0.15, 0.2) is 0 Å². The molecule has 0 atom stereocenters. The fourth-order valence-electron chi connectivity index (χ4n) is 3.01. The van der Waals surface area contributed by atoms with Crippen LogP contribution < -0.4 is 10.6 Å². The number of aryl methyl sites for hydroxylation is 2. The van der Waals surface area contributed by atoms with Crippen LogP contribution in [0.5, 0.6) is 0 Å². The first kappa shape index (κ1) is 13.9. The predicted molar refractivity (Wildman–Crippen MR) is 79.1 cm³/mol. The second-order valence-corrected chi connectivity index (χ2v) is 5.90. The molecule has 1 saturated carbocycles. The molecule has 19 heavy (non-hydrogen) atoms. The van der Waals surface area contributed by atoms with Crippen molar-refractivity contribution in [2.45, 2.75) is 51.1 Å². The van der Waals surface area contributed by atoms with Gasteiger partial charge in [-0.15, -0.1) is 0 Å². The van der Waals surface area contributed by atoms with Gasteiger partial charge in [0.25, 0.3) is 0 Å². The summed E-state index contributed by atoms with van der Waals surface area (Å²) in [6.07, 6.45) is 3.58. The number of benzene rings is 1. The summed E-state index contributed by atoms with van der Waals surface area (Å²) in [5, 5.41) is 9.08. The number of hydrogen-bond acceptors (Lipinski definition) is 3. The molecule has 0 unspecified atom stereocenters. The third-order valence-corrected chi connectivity index (χ3v) is 4.35. The van der Waals surface area contributed by atoms with Crippen molar-refractivity contribution in [3.8, 4) is 6.07 Å². The van der Waals surface area contributed by atoms with Crippen molar-refractivity contribution < 1.29 is 0 Å². The third kappa shape index (κ3) is 2.90. The quantitative estimate of drug-likeness (QED) is 0.886. The molecule has 3 nitrogen and oxygen atoms in total. The van der Waals surface area contributed by atoms with E-state index in [1.54, 1.807) is 0 Å². The molecule has 1 aromatic rings. The summed E-state index contributed by atoms with van der Waals surface area (Å²) in [5.41, 5.74) is 9.33. The molecule has 0 radical (unpaired) electrons. The first-order valence-electron chi connectivity index (χ1n) is 6.95. The van der Waals surface area contributed by atoms with Crippen LogP contribution in [-0.4, -0.2) is 18.6 Å². The maximum Gasteiger partial charge on any atom is 0.104 e. The zero-order valence-electron chi connectivity index (χ0n) is 12.1. The fourth-order valence-corrected chi connectivity index (χ4v) is 3.01. The summed E-state index contributed by atoms with van der Waals surface area (Å²) in [4.78, 5) is 2.35. The van der Waals surface area contributed by atoms with Gasteiger partial charge in [0.05, 0.1) is 6.07 Å². The number of nitriles is 1. The average molecular weight is 257 g/mol. The number of nitrogens with zero attached hydrogens (tertiary/aromatic N) is 2. The normalized spacial score (nSPS) is 26.8. The highest BCUT2D eigenvalue weighted by Crippen LogP contribution is 2.32. The van der Waals surface area contributed by atoms with Crippen molar-refractivity contribution in [1.29, 1.82) is 5.26 Å². The number of hydrogen-bond donors (Lipinski definition) is 1. The van der Waals surface area contributed by atoms with Crippen molar-refractivity contribution >= 4 is 5.69 Å². The van der Waals surface area contributed by atoms with E-state index < -0.39 is 5.54 Å². The fraction of sp³-hybridized carbons (Fsp3) is 0.562. The van der Waals surface area contributed by atoms with Gasteiger partial charge in [-0.3, -0.25) is 0 Å². The lowest BCUT2D eigenvalue weighted by molar-refractivity contribution is 0.327. The highest BCUT2D eigenvalue weighted by molar-refractivity contribution is 5.54. The Bertz CT molecular complexity index is 493. The van der Waals surface area contributed by atoms with Gasteiger partial charge < -0.3 is 10.6 Å². The summed E-state index contributed by atoms with van der Waals surface area (Å²) < 4.78 is 0. The van der Waals surface area contributed by atoms with Gasteiger partial charge in [-0.05, 0) is 51.2 Å². The van der Waals surface area contributed by atoms with E-state index in [2.05, 4.69) is 50.1 Å². The van der Waals surface area contributed by atoms with Crippen LogP contribution in [-0.2, 0) is 0 Å². The van der Waals surface area contributed by atoms with Crippen LogP contribution in [0, 0.1) is 25.2 Å². The van der Waals surface area contributed by atoms with E-state index in [9.17, 15) is 0 Å². The van der Waals surface area contributed by atoms with Crippen molar-refractivity contribution in [3.63, 3.8) is 0 Å². The third-order valence-electron chi connectivity index (χ3n) is 4.35. The highest BCUT2D eigenvalue weighted by Gasteiger charge is 2.33. The summed E-state index contributed by atoms with van der Waals surface area (Å²) in [6.45, 7) is 4.28. The molecule has 0 bridgehead atoms. The Morgan fingerprint density at radius 2 is 1.95 bits per heavy atom. The molecule has 0 aliphatic heterocycles. The van der Waals surface area contributed by atoms with E-state index in [0.717, 1.165) is 25.7 Å². The molecule has 1 aromatic carbocycles. The summed E-state index contributed by atoms with van der Waals surface area (Å²) in [6, 6.07) is 9.32. The topological polar surface area (TPSA) is 53.0 Å². The Hall–Kier alpha value is -1.53. The van der Waals surface area contributed by atoms with E-state index in [0.29, 0.717) is 6.04 Å². The second kappa shape index (κ2) is 5.22. The maximum atomic E-state index is 9.08. The molecule has 2 N–H and O–H groups in total. The van der Waals surface area contributed by atoms with E-state index in [-0.39, 0.29) is 0 Å². The molecule has 0 aromatic heterocycles. The molecule has 0 heterocycles. The lowest BCUT2D eigenvalue weighted by Gasteiger charge is -2.38. The molecule has 1 aliphatic carbocycles. The highest BCUT2D eigenvalue weighted by atomic mass is 15.1. The minimum atomic E-state index is -0.598. The van der Waals surface area contributed by atoms with E-state index in [4.69, 9.17) is 11.0 Å². The monoisotopic (exact) mass is 257 g/mol. The number of rotatable bonds is 2. The molecule has 102 valence electrons. The molecule has 1 fully saturated rings. The zero-order chi connectivity index (χ0) is 14.0. The van der Waals surface area contributed by atoms with Crippen LogP contribution in [0.4, 0.5) is 5.69 Å². The lowest BCUT2D eigenvalue weighted by Crippen LogP contribution is -2.46. The molecular formula is C16H23N3. The molecular weight excluding hydrogens is 234 g/mol. The Morgan fingerprint density at radius 3 is 2.47 bits per heavy atom. The Labute approximate surface area is 116 Å². The van der Waals surface area contributed by atoms with Crippen LogP contribution >= 0.6 is 0 Å². The van der Waals surface area contributed by atoms with Gasteiger partial charge in [0.2, 0.25) is 0 Å². The summed E-state index contributed by atoms with van der Waals surface area (Å²) in [7, 11) is 2.15. The largest absolute Gasteiger partial charge is 0.371 e. The van der Waals surface area contributed by atoms with Crippen molar-refractivity contribution in [3.05, 3.63) is 29.3 Å². The minimum Gasteiger partial charge on any atom is -0.371 e. The van der Waals surface area contributed by atoms with E-state index in [1.807, 2.05) is 0 Å². The van der Waals surface area contributed by atoms with Gasteiger partial charge in [-0.25, -0.2) is 0 Å². The van der Waals surface area contributed by atoms with Crippen molar-refractivity contribution in [2.24, 2.45) is 5.73 Å². The molecule has 0 saturated heterocycles. The lowest BCUT2D eigenvalue weighted by atomic mass is 9.80. The van der Waals surface area contributed by atoms with Gasteiger partial charge in [-0.2, -0.15) is 5.26 Å². The molecule has 0 amide bonds. The SMILES string of the molecule is Cc1ccc(N(C)C2CCC(N)(C#N)CC2)c(C)c1. The Balaban J connectivity index is 2.09. The standard InChI is InChI=1S/C16H23N3/c1-12-4-5-15(13(2)10-12)19(3)14-6-8-16(18,11-17)9-7-14/h4-5,10,14H,6-9,18H2,1-3H3. The number of anilines is 1. The molecule has 2 rings (SSSR count). The van der Waals surface area contributed by atoms with Gasteiger partial charge >= 0.3 is 0 Å². The summed E-state index contributed by atoms with van der Waals surface area (Å²) in [5.74, 6) is 0. The van der Waals surface area contributed by atoms with Gasteiger partial charge in [-0.1, -0.05) is 17.7 Å². The van der Waals surface area contributed by atoms with Crippen LogP contribution in [0.2, 0.25) is 0 Å². The van der Waals surface area contributed by atoms with Crippen LogP contribution in [0.25, 0.3) is 0 Å². The smallest absolute Gasteiger partial charge is 0.104 e. The van der Waals surface area contributed by atoms with Crippen molar-refractivity contribution in [1.82, 2.24) is 0 Å². The molecule has 0 spiro atoms. The zero-order valence-corrected chi connectivity index (χ0v) is 12.1. The first-order valence-corrected chi connectivity index (χ1v) is 6.95. The average Bonchev–Trinajstić information content (AvgIpc) is 2.39. The second-order valence-electron chi connectivity index (χ2n) is 5.90. The van der Waals surface area contributed by atoms with Gasteiger partial charge in [0.1, 0.15) is 5.54 Å². The van der Waals surface area contributed by atoms with E-state index >= 15 is 0 Å². The Kier molecular flexibility index (Phi) is 3.82. The number of nitrogens with two attached hydrogens (primary N) is 1. The maximum absolute atomic E-state index is 9.08. The minimum absolute atomic E-state index is 0.492. The van der Waals surface area contributed by atoms with Gasteiger partial charge in [0, 0.05) is 18.8 Å². The predicted octanol–water partition coefficient (Wildman–Crippen LogP) is 2.90. The van der Waals surface area contributed by atoms with Crippen LogP contribution in [0.15, 0.2) is 18.2 Å². The molecule has 1 aliphatic rings. The summed E-state index contributed by atoms with van der Waals surface area (Å²) >= 11 is 0. The van der Waals surface area contributed by atoms with Crippen molar-refractivity contribution in [2.75, 3.05) is 11.9 Å². The molecule has 3 heteroatoms. The van der Waals surface area contributed by atoms with E-state index in [1.165, 1.54) is 16.8 Å². The Morgan fingerprint density at radius 1 is 1.32 bits per heavy atom. The van der Waals surface area contributed by atoms with Crippen LogP contribution in [0.3, 0.4) is 0 Å². The van der Waals surface area contributed by atoms with Crippen LogP contribution in [0.1, 0.15) is 36.8 Å².